The zero-order valence-electron chi connectivity index (χ0n) is 15.0. The van der Waals surface area contributed by atoms with E-state index in [4.69, 9.17) is 4.74 Å². The van der Waals surface area contributed by atoms with Crippen LogP contribution in [0.2, 0.25) is 0 Å². The lowest BCUT2D eigenvalue weighted by atomic mass is 10.1. The number of hydrogen-bond acceptors (Lipinski definition) is 4. The maximum Gasteiger partial charge on any atom is 0.339 e. The SMILES string of the molecule is Cc1cc(C(=O)OC(C)C(=O)c2c[nH]c3ccccc23)c2ccccc2n1. The van der Waals surface area contributed by atoms with Crippen molar-refractivity contribution in [2.45, 2.75) is 20.0 Å². The van der Waals surface area contributed by atoms with E-state index in [-0.39, 0.29) is 5.78 Å². The number of nitrogens with zero attached hydrogens (tertiary/aromatic N) is 1. The molecule has 0 bridgehead atoms. The topological polar surface area (TPSA) is 72.1 Å². The fourth-order valence-electron chi connectivity index (χ4n) is 3.25. The summed E-state index contributed by atoms with van der Waals surface area (Å²) in [6.07, 6.45) is 0.757. The summed E-state index contributed by atoms with van der Waals surface area (Å²) in [5.74, 6) is -0.770. The number of aromatic nitrogens is 2. The molecule has 0 aliphatic rings. The van der Waals surface area contributed by atoms with Crippen LogP contribution in [0.15, 0.2) is 60.8 Å². The van der Waals surface area contributed by atoms with Crippen molar-refractivity contribution in [1.82, 2.24) is 9.97 Å². The largest absolute Gasteiger partial charge is 0.451 e. The highest BCUT2D eigenvalue weighted by Gasteiger charge is 2.24. The minimum absolute atomic E-state index is 0.240. The van der Waals surface area contributed by atoms with Gasteiger partial charge in [0.05, 0.1) is 11.1 Å². The molecule has 1 N–H and O–H groups in total. The van der Waals surface area contributed by atoms with E-state index in [0.29, 0.717) is 16.5 Å². The number of aryl methyl sites for hydroxylation is 1. The first-order valence-electron chi connectivity index (χ1n) is 8.72. The van der Waals surface area contributed by atoms with E-state index in [2.05, 4.69) is 9.97 Å². The number of pyridine rings is 1. The number of rotatable bonds is 4. The van der Waals surface area contributed by atoms with Crippen molar-refractivity contribution in [3.05, 3.63) is 77.6 Å². The summed E-state index contributed by atoms with van der Waals surface area (Å²) in [5.41, 5.74) is 3.24. The standard InChI is InChI=1S/C22H18N2O3/c1-13-11-17(15-7-4-6-10-20(15)24-13)22(26)27-14(2)21(25)18-12-23-19-9-5-3-8-16(18)19/h3-12,14,23H,1-2H3. The van der Waals surface area contributed by atoms with Gasteiger partial charge in [0.2, 0.25) is 5.78 Å². The molecule has 2 heterocycles. The highest BCUT2D eigenvalue weighted by atomic mass is 16.5. The van der Waals surface area contributed by atoms with Gasteiger partial charge in [-0.25, -0.2) is 4.79 Å². The third-order valence-electron chi connectivity index (χ3n) is 4.57. The van der Waals surface area contributed by atoms with Gasteiger partial charge in [-0.1, -0.05) is 36.4 Å². The van der Waals surface area contributed by atoms with Gasteiger partial charge in [0.25, 0.3) is 0 Å². The zero-order chi connectivity index (χ0) is 19.0. The van der Waals surface area contributed by atoms with Gasteiger partial charge >= 0.3 is 5.97 Å². The summed E-state index contributed by atoms with van der Waals surface area (Å²) in [4.78, 5) is 33.1. The number of esters is 1. The van der Waals surface area contributed by atoms with E-state index in [9.17, 15) is 9.59 Å². The smallest absolute Gasteiger partial charge is 0.339 e. The molecule has 1 atom stereocenters. The number of Topliss-reactive ketones (excluding diaryl/α,β-unsaturated/α-hetero) is 1. The summed E-state index contributed by atoms with van der Waals surface area (Å²) in [6.45, 7) is 3.42. The third kappa shape index (κ3) is 3.08. The van der Waals surface area contributed by atoms with E-state index in [0.717, 1.165) is 22.1 Å². The Labute approximate surface area is 156 Å². The first kappa shape index (κ1) is 17.0. The normalized spacial score (nSPS) is 12.2. The molecule has 0 aliphatic carbocycles. The Hall–Kier alpha value is -3.47. The Morgan fingerprint density at radius 1 is 1.00 bits per heavy atom. The van der Waals surface area contributed by atoms with Crippen LogP contribution in [-0.4, -0.2) is 27.8 Å². The summed E-state index contributed by atoms with van der Waals surface area (Å²) < 4.78 is 5.50. The third-order valence-corrected chi connectivity index (χ3v) is 4.57. The van der Waals surface area contributed by atoms with Crippen molar-refractivity contribution < 1.29 is 14.3 Å². The molecule has 4 aromatic rings. The average molecular weight is 358 g/mol. The summed E-state index contributed by atoms with van der Waals surface area (Å²) >= 11 is 0. The van der Waals surface area contributed by atoms with Crippen LogP contribution in [0.3, 0.4) is 0 Å². The van der Waals surface area contributed by atoms with Crippen molar-refractivity contribution in [3.63, 3.8) is 0 Å². The Bertz CT molecular complexity index is 1180. The van der Waals surface area contributed by atoms with Gasteiger partial charge in [-0.15, -0.1) is 0 Å². The lowest BCUT2D eigenvalue weighted by molar-refractivity contribution is 0.0321. The molecule has 0 amide bonds. The van der Waals surface area contributed by atoms with Crippen molar-refractivity contribution in [1.29, 1.82) is 0 Å². The van der Waals surface area contributed by atoms with Crippen LogP contribution in [-0.2, 0) is 4.74 Å². The van der Waals surface area contributed by atoms with Crippen LogP contribution < -0.4 is 0 Å². The molecule has 5 nitrogen and oxygen atoms in total. The van der Waals surface area contributed by atoms with Crippen LogP contribution in [0.5, 0.6) is 0 Å². The first-order valence-corrected chi connectivity index (χ1v) is 8.72. The summed E-state index contributed by atoms with van der Waals surface area (Å²) in [5, 5.41) is 1.52. The number of hydrogen-bond donors (Lipinski definition) is 1. The molecule has 134 valence electrons. The number of nitrogens with one attached hydrogen (secondary N) is 1. The van der Waals surface area contributed by atoms with E-state index in [1.54, 1.807) is 19.2 Å². The molecule has 0 spiro atoms. The van der Waals surface area contributed by atoms with Gasteiger partial charge in [-0.2, -0.15) is 0 Å². The molecule has 0 radical (unpaired) electrons. The minimum Gasteiger partial charge on any atom is -0.451 e. The van der Waals surface area contributed by atoms with Crippen LogP contribution >= 0.6 is 0 Å². The number of carbonyl (C=O) groups is 2. The zero-order valence-corrected chi connectivity index (χ0v) is 15.0. The van der Waals surface area contributed by atoms with E-state index in [1.165, 1.54) is 0 Å². The highest BCUT2D eigenvalue weighted by molar-refractivity contribution is 6.11. The number of fused-ring (bicyclic) bond motifs is 2. The average Bonchev–Trinajstić information content (AvgIpc) is 3.10. The van der Waals surface area contributed by atoms with E-state index in [1.807, 2.05) is 55.5 Å². The van der Waals surface area contributed by atoms with Crippen LogP contribution in [0.25, 0.3) is 21.8 Å². The quantitative estimate of drug-likeness (QED) is 0.432. The van der Waals surface area contributed by atoms with E-state index >= 15 is 0 Å². The molecule has 2 aromatic heterocycles. The highest BCUT2D eigenvalue weighted by Crippen LogP contribution is 2.22. The molecule has 0 aliphatic heterocycles. The second-order valence-corrected chi connectivity index (χ2v) is 6.49. The van der Waals surface area contributed by atoms with Crippen LogP contribution in [0, 0.1) is 6.92 Å². The molecule has 0 saturated carbocycles. The maximum absolute atomic E-state index is 12.8. The first-order chi connectivity index (χ1) is 13.0. The molecule has 1 unspecified atom stereocenters. The number of benzene rings is 2. The van der Waals surface area contributed by atoms with Gasteiger partial charge in [-0.05, 0) is 32.0 Å². The van der Waals surface area contributed by atoms with Gasteiger partial charge in [-0.3, -0.25) is 9.78 Å². The molecule has 0 fully saturated rings. The molecule has 4 rings (SSSR count). The fraction of sp³-hybridized carbons (Fsp3) is 0.136. The van der Waals surface area contributed by atoms with Crippen molar-refractivity contribution in [3.8, 4) is 0 Å². The molecule has 2 aromatic carbocycles. The molecule has 27 heavy (non-hydrogen) atoms. The number of carbonyl (C=O) groups excluding carboxylic acids is 2. The Kier molecular flexibility index (Phi) is 4.20. The predicted molar refractivity (Wildman–Crippen MR) is 104 cm³/mol. The van der Waals surface area contributed by atoms with Crippen LogP contribution in [0.4, 0.5) is 0 Å². The van der Waals surface area contributed by atoms with Gasteiger partial charge in [0.15, 0.2) is 6.10 Å². The summed E-state index contributed by atoms with van der Waals surface area (Å²) in [7, 11) is 0. The van der Waals surface area contributed by atoms with Crippen molar-refractivity contribution in [2.24, 2.45) is 0 Å². The lowest BCUT2D eigenvalue weighted by Gasteiger charge is -2.13. The predicted octanol–water partition coefficient (Wildman–Crippen LogP) is 4.45. The molecule has 5 heteroatoms. The maximum atomic E-state index is 12.8. The van der Waals surface area contributed by atoms with Gasteiger partial charge < -0.3 is 9.72 Å². The molecular weight excluding hydrogens is 340 g/mol. The van der Waals surface area contributed by atoms with Gasteiger partial charge in [0, 0.05) is 33.7 Å². The number of ether oxygens (including phenoxy) is 1. The molecular formula is C22H18N2O3. The fourth-order valence-corrected chi connectivity index (χ4v) is 3.25. The van der Waals surface area contributed by atoms with Crippen molar-refractivity contribution in [2.75, 3.05) is 0 Å². The number of H-pyrrole nitrogens is 1. The summed E-state index contributed by atoms with van der Waals surface area (Å²) in [6, 6.07) is 16.6. The second kappa shape index (κ2) is 6.68. The second-order valence-electron chi connectivity index (χ2n) is 6.49. The Morgan fingerprint density at radius 3 is 2.52 bits per heavy atom. The number of para-hydroxylation sites is 2. The molecule has 0 saturated heterocycles. The van der Waals surface area contributed by atoms with E-state index < -0.39 is 12.1 Å². The lowest BCUT2D eigenvalue weighted by Crippen LogP contribution is -2.24. The number of aromatic amines is 1. The van der Waals surface area contributed by atoms with Crippen molar-refractivity contribution >= 4 is 33.6 Å². The number of ketones is 1. The van der Waals surface area contributed by atoms with Crippen LogP contribution in [0.1, 0.15) is 33.3 Å². The van der Waals surface area contributed by atoms with Gasteiger partial charge in [0.1, 0.15) is 0 Å². The Balaban J connectivity index is 1.62. The monoisotopic (exact) mass is 358 g/mol. The Morgan fingerprint density at radius 2 is 1.70 bits per heavy atom. The minimum atomic E-state index is -0.899.